The summed E-state index contributed by atoms with van der Waals surface area (Å²) in [6.45, 7) is 1.28. The fraction of sp³-hybridized carbons (Fsp3) is 0.458. The van der Waals surface area contributed by atoms with Crippen molar-refractivity contribution < 1.29 is 14.3 Å². The SMILES string of the molecule is CN(C[C@]1(O)CCCN(c2ccc(F)cn2)C1)C(=O)CCc1ccc2c(c1)n(C)c(=O)n2C. The second-order valence-electron chi connectivity index (χ2n) is 9.06. The Balaban J connectivity index is 1.37. The van der Waals surface area contributed by atoms with E-state index >= 15 is 0 Å². The number of fused-ring (bicyclic) bond motifs is 1. The molecule has 0 saturated carbocycles. The Labute approximate surface area is 191 Å². The molecule has 1 amide bonds. The van der Waals surface area contributed by atoms with Crippen LogP contribution in [0, 0.1) is 5.82 Å². The molecule has 1 fully saturated rings. The number of carbonyl (C=O) groups is 1. The fourth-order valence-corrected chi connectivity index (χ4v) is 4.67. The number of halogens is 1. The van der Waals surface area contributed by atoms with Gasteiger partial charge in [-0.15, -0.1) is 0 Å². The summed E-state index contributed by atoms with van der Waals surface area (Å²) in [6, 6.07) is 8.76. The first-order valence-electron chi connectivity index (χ1n) is 11.1. The number of hydrogen-bond acceptors (Lipinski definition) is 5. The van der Waals surface area contributed by atoms with Crippen molar-refractivity contribution in [1.82, 2.24) is 19.0 Å². The first kappa shape index (κ1) is 23.0. The zero-order chi connectivity index (χ0) is 23.8. The van der Waals surface area contributed by atoms with Crippen LogP contribution in [0.3, 0.4) is 0 Å². The first-order valence-corrected chi connectivity index (χ1v) is 11.1. The summed E-state index contributed by atoms with van der Waals surface area (Å²) in [5.74, 6) is 0.168. The van der Waals surface area contributed by atoms with E-state index in [1.54, 1.807) is 41.2 Å². The van der Waals surface area contributed by atoms with Crippen LogP contribution in [0.25, 0.3) is 11.0 Å². The van der Waals surface area contributed by atoms with Crippen LogP contribution < -0.4 is 10.6 Å². The van der Waals surface area contributed by atoms with E-state index in [0.29, 0.717) is 31.6 Å². The smallest absolute Gasteiger partial charge is 0.328 e. The molecular weight excluding hydrogens is 425 g/mol. The van der Waals surface area contributed by atoms with E-state index in [1.807, 2.05) is 23.1 Å². The standard InChI is InChI=1S/C24H30FN5O3/c1-27(15-24(33)11-4-12-30(16-24)21-9-7-18(25)14-26-21)22(31)10-6-17-5-8-19-20(13-17)29(3)23(32)28(19)2/h5,7-9,13-14,33H,4,6,10-12,15-16H2,1-3H3/t24-/m1/s1. The van der Waals surface area contributed by atoms with Crippen molar-refractivity contribution in [2.24, 2.45) is 14.1 Å². The van der Waals surface area contributed by atoms with Gasteiger partial charge in [0.25, 0.3) is 0 Å². The number of rotatable bonds is 6. The van der Waals surface area contributed by atoms with E-state index in [9.17, 15) is 19.1 Å². The molecule has 0 aliphatic carbocycles. The monoisotopic (exact) mass is 455 g/mol. The van der Waals surface area contributed by atoms with Crippen LogP contribution >= 0.6 is 0 Å². The molecule has 33 heavy (non-hydrogen) atoms. The first-order chi connectivity index (χ1) is 15.7. The van der Waals surface area contributed by atoms with Gasteiger partial charge >= 0.3 is 5.69 Å². The molecule has 3 aromatic rings. The summed E-state index contributed by atoms with van der Waals surface area (Å²) in [4.78, 5) is 32.5. The van der Waals surface area contributed by atoms with Crippen LogP contribution in [0.4, 0.5) is 10.2 Å². The van der Waals surface area contributed by atoms with Gasteiger partial charge in [-0.05, 0) is 49.1 Å². The minimum atomic E-state index is -1.06. The van der Waals surface area contributed by atoms with Crippen LogP contribution in [0.2, 0.25) is 0 Å². The predicted molar refractivity (Wildman–Crippen MR) is 125 cm³/mol. The Morgan fingerprint density at radius 2 is 1.97 bits per heavy atom. The molecule has 0 bridgehead atoms. The topological polar surface area (TPSA) is 83.6 Å². The van der Waals surface area contributed by atoms with Gasteiger partial charge in [-0.2, -0.15) is 0 Å². The summed E-state index contributed by atoms with van der Waals surface area (Å²) < 4.78 is 16.4. The van der Waals surface area contributed by atoms with Crippen molar-refractivity contribution >= 4 is 22.8 Å². The number of pyridine rings is 1. The van der Waals surface area contributed by atoms with Gasteiger partial charge in [0.15, 0.2) is 0 Å². The average Bonchev–Trinajstić information content (AvgIpc) is 3.01. The van der Waals surface area contributed by atoms with Gasteiger partial charge in [-0.25, -0.2) is 14.2 Å². The summed E-state index contributed by atoms with van der Waals surface area (Å²) in [6.07, 6.45) is 3.37. The molecule has 1 N–H and O–H groups in total. The largest absolute Gasteiger partial charge is 0.386 e. The maximum absolute atomic E-state index is 13.2. The van der Waals surface area contributed by atoms with Gasteiger partial charge in [0.1, 0.15) is 11.6 Å². The van der Waals surface area contributed by atoms with Gasteiger partial charge in [-0.1, -0.05) is 6.07 Å². The number of likely N-dealkylation sites (N-methyl/N-ethyl adjacent to an activating group) is 1. The number of hydrogen-bond donors (Lipinski definition) is 1. The maximum atomic E-state index is 13.2. The molecular formula is C24H30FN5O3. The lowest BCUT2D eigenvalue weighted by Gasteiger charge is -2.41. The third-order valence-electron chi connectivity index (χ3n) is 6.51. The molecule has 1 aromatic carbocycles. The number of carbonyl (C=O) groups excluding carboxylic acids is 1. The summed E-state index contributed by atoms with van der Waals surface area (Å²) >= 11 is 0. The quantitative estimate of drug-likeness (QED) is 0.613. The highest BCUT2D eigenvalue weighted by atomic mass is 19.1. The number of imidazole rings is 1. The Bertz CT molecular complexity index is 1220. The second-order valence-corrected chi connectivity index (χ2v) is 9.06. The molecule has 0 spiro atoms. The molecule has 8 nitrogen and oxygen atoms in total. The molecule has 4 rings (SSSR count). The van der Waals surface area contributed by atoms with Gasteiger partial charge < -0.3 is 14.9 Å². The Morgan fingerprint density at radius 1 is 1.21 bits per heavy atom. The van der Waals surface area contributed by atoms with Gasteiger partial charge in [0.05, 0.1) is 29.4 Å². The summed E-state index contributed by atoms with van der Waals surface area (Å²) in [5, 5.41) is 11.2. The van der Waals surface area contributed by atoms with Crippen molar-refractivity contribution in [2.75, 3.05) is 31.6 Å². The average molecular weight is 456 g/mol. The highest BCUT2D eigenvalue weighted by Crippen LogP contribution is 2.26. The van der Waals surface area contributed by atoms with E-state index in [2.05, 4.69) is 4.98 Å². The minimum Gasteiger partial charge on any atom is -0.386 e. The molecule has 2 aromatic heterocycles. The Morgan fingerprint density at radius 3 is 2.70 bits per heavy atom. The Hall–Kier alpha value is -3.20. The van der Waals surface area contributed by atoms with Crippen molar-refractivity contribution in [1.29, 1.82) is 0 Å². The predicted octanol–water partition coefficient (Wildman–Crippen LogP) is 1.83. The lowest BCUT2D eigenvalue weighted by Crippen LogP contribution is -2.54. The van der Waals surface area contributed by atoms with E-state index in [4.69, 9.17) is 0 Å². The van der Waals surface area contributed by atoms with Crippen molar-refractivity contribution in [3.05, 3.63) is 58.4 Å². The molecule has 176 valence electrons. The number of piperidine rings is 1. The number of anilines is 1. The van der Waals surface area contributed by atoms with E-state index < -0.39 is 11.4 Å². The number of β-amino-alcohol motifs (C(OH)–C–C–N with tert-alkyl or cyclic N) is 1. The van der Waals surface area contributed by atoms with E-state index in [0.717, 1.165) is 29.6 Å². The molecule has 1 saturated heterocycles. The van der Waals surface area contributed by atoms with Crippen molar-refractivity contribution in [2.45, 2.75) is 31.3 Å². The number of amides is 1. The van der Waals surface area contributed by atoms with Crippen LogP contribution in [0.1, 0.15) is 24.8 Å². The number of aliphatic hydroxyl groups is 1. The minimum absolute atomic E-state index is 0.0532. The highest BCUT2D eigenvalue weighted by Gasteiger charge is 2.35. The fourth-order valence-electron chi connectivity index (χ4n) is 4.67. The van der Waals surface area contributed by atoms with Crippen molar-refractivity contribution in [3.8, 4) is 0 Å². The molecule has 0 unspecified atom stereocenters. The molecule has 1 aliphatic heterocycles. The molecule has 9 heteroatoms. The highest BCUT2D eigenvalue weighted by molar-refractivity contribution is 5.78. The summed E-state index contributed by atoms with van der Waals surface area (Å²) in [7, 11) is 5.19. The molecule has 3 heterocycles. The number of benzene rings is 1. The third kappa shape index (κ3) is 4.78. The van der Waals surface area contributed by atoms with Crippen LogP contribution in [-0.4, -0.2) is 62.3 Å². The van der Waals surface area contributed by atoms with Gasteiger partial charge in [0.2, 0.25) is 5.91 Å². The number of nitrogens with zero attached hydrogens (tertiary/aromatic N) is 5. The molecule has 0 radical (unpaired) electrons. The van der Waals surface area contributed by atoms with Gasteiger partial charge in [0, 0.05) is 40.7 Å². The third-order valence-corrected chi connectivity index (χ3v) is 6.51. The lowest BCUT2D eigenvalue weighted by molar-refractivity contribution is -0.133. The van der Waals surface area contributed by atoms with E-state index in [-0.39, 0.29) is 18.1 Å². The normalized spacial score (nSPS) is 18.6. The zero-order valence-electron chi connectivity index (χ0n) is 19.3. The molecule has 1 atom stereocenters. The lowest BCUT2D eigenvalue weighted by atomic mass is 9.92. The van der Waals surface area contributed by atoms with E-state index in [1.165, 1.54) is 12.3 Å². The summed E-state index contributed by atoms with van der Waals surface area (Å²) in [5.41, 5.74) is 1.54. The number of aryl methyl sites for hydroxylation is 3. The van der Waals surface area contributed by atoms with Crippen LogP contribution in [-0.2, 0) is 25.3 Å². The molecule has 1 aliphatic rings. The van der Waals surface area contributed by atoms with Crippen molar-refractivity contribution in [3.63, 3.8) is 0 Å². The second kappa shape index (κ2) is 8.97. The Kier molecular flexibility index (Phi) is 6.25. The maximum Gasteiger partial charge on any atom is 0.328 e. The van der Waals surface area contributed by atoms with Gasteiger partial charge in [-0.3, -0.25) is 13.9 Å². The van der Waals surface area contributed by atoms with Crippen LogP contribution in [0.5, 0.6) is 0 Å². The number of aromatic nitrogens is 3. The zero-order valence-corrected chi connectivity index (χ0v) is 19.3. The van der Waals surface area contributed by atoms with Crippen LogP contribution in [0.15, 0.2) is 41.3 Å².